The van der Waals surface area contributed by atoms with Gasteiger partial charge in [-0.3, -0.25) is 4.79 Å². The molecular formula is C30H21Cl3N4O2S. The number of hydrogen-bond donors (Lipinski definition) is 2. The quantitative estimate of drug-likeness (QED) is 0.130. The highest BCUT2D eigenvalue weighted by Gasteiger charge is 2.08. The van der Waals surface area contributed by atoms with E-state index in [4.69, 9.17) is 39.5 Å². The van der Waals surface area contributed by atoms with Crippen LogP contribution < -0.4 is 15.5 Å². The maximum atomic E-state index is 12.5. The number of aromatic nitrogens is 1. The highest BCUT2D eigenvalue weighted by atomic mass is 35.5. The molecule has 0 unspecified atom stereocenters. The molecule has 6 nitrogen and oxygen atoms in total. The van der Waals surface area contributed by atoms with Crippen molar-refractivity contribution in [1.29, 1.82) is 0 Å². The summed E-state index contributed by atoms with van der Waals surface area (Å²) in [4.78, 5) is 17.2. The van der Waals surface area contributed by atoms with Gasteiger partial charge in [0.15, 0.2) is 5.13 Å². The Labute approximate surface area is 250 Å². The molecule has 0 aliphatic rings. The van der Waals surface area contributed by atoms with E-state index in [1.54, 1.807) is 30.5 Å². The van der Waals surface area contributed by atoms with E-state index in [9.17, 15) is 4.79 Å². The Balaban J connectivity index is 1.11. The molecule has 0 aliphatic heterocycles. The topological polar surface area (TPSA) is 75.6 Å². The van der Waals surface area contributed by atoms with Crippen LogP contribution in [0.2, 0.25) is 15.1 Å². The molecule has 0 fully saturated rings. The Morgan fingerprint density at radius 3 is 2.38 bits per heavy atom. The van der Waals surface area contributed by atoms with E-state index < -0.39 is 0 Å². The van der Waals surface area contributed by atoms with Crippen LogP contribution in [0.15, 0.2) is 101 Å². The maximum absolute atomic E-state index is 12.5. The average Bonchev–Trinajstić information content (AvgIpc) is 3.44. The van der Waals surface area contributed by atoms with Gasteiger partial charge >= 0.3 is 0 Å². The number of nitrogens with one attached hydrogen (secondary N) is 2. The standard InChI is InChI=1S/C30H21Cl3N4O2S/c31-23-8-10-24(11-9-23)35-30-36-28(18-40-30)21-4-6-22(7-5-21)29(38)37-34-16-19-1-12-25(13-2-19)39-17-20-3-14-26(32)27(33)15-20/h1-16,18H,17H2,(H,35,36)(H,37,38)/b34-16-. The SMILES string of the molecule is O=C(N/N=C\c1ccc(OCc2ccc(Cl)c(Cl)c2)cc1)c1ccc(-c2csc(Nc3ccc(Cl)cc3)n2)cc1. The molecule has 1 amide bonds. The smallest absolute Gasteiger partial charge is 0.271 e. The van der Waals surface area contributed by atoms with Gasteiger partial charge in [0.05, 0.1) is 22.0 Å². The first-order chi connectivity index (χ1) is 19.4. The predicted molar refractivity (Wildman–Crippen MR) is 165 cm³/mol. The summed E-state index contributed by atoms with van der Waals surface area (Å²) in [5.74, 6) is 0.382. The van der Waals surface area contributed by atoms with Crippen molar-refractivity contribution in [2.45, 2.75) is 6.61 Å². The van der Waals surface area contributed by atoms with Crippen LogP contribution in [0.5, 0.6) is 5.75 Å². The first-order valence-electron chi connectivity index (χ1n) is 12.0. The van der Waals surface area contributed by atoms with Gasteiger partial charge in [0.25, 0.3) is 5.91 Å². The lowest BCUT2D eigenvalue weighted by Gasteiger charge is -2.07. The summed E-state index contributed by atoms with van der Waals surface area (Å²) >= 11 is 19.4. The molecule has 10 heteroatoms. The van der Waals surface area contributed by atoms with Gasteiger partial charge in [-0.05, 0) is 83.9 Å². The molecule has 2 N–H and O–H groups in total. The lowest BCUT2D eigenvalue weighted by molar-refractivity contribution is 0.0955. The Morgan fingerprint density at radius 2 is 1.65 bits per heavy atom. The summed E-state index contributed by atoms with van der Waals surface area (Å²) in [6.07, 6.45) is 1.57. The number of nitrogens with zero attached hydrogens (tertiary/aromatic N) is 2. The van der Waals surface area contributed by atoms with Crippen LogP contribution in [0.4, 0.5) is 10.8 Å². The third kappa shape index (κ3) is 7.40. The van der Waals surface area contributed by atoms with E-state index in [1.165, 1.54) is 11.3 Å². The number of amides is 1. The number of anilines is 2. The summed E-state index contributed by atoms with van der Waals surface area (Å²) < 4.78 is 5.79. The van der Waals surface area contributed by atoms with Crippen molar-refractivity contribution in [3.63, 3.8) is 0 Å². The van der Waals surface area contributed by atoms with E-state index in [2.05, 4.69) is 20.8 Å². The van der Waals surface area contributed by atoms with Gasteiger partial charge in [-0.2, -0.15) is 5.10 Å². The summed E-state index contributed by atoms with van der Waals surface area (Å²) in [6.45, 7) is 0.364. The number of benzene rings is 4. The van der Waals surface area contributed by atoms with Crippen molar-refractivity contribution < 1.29 is 9.53 Å². The molecule has 5 rings (SSSR count). The molecule has 1 aromatic heterocycles. The largest absolute Gasteiger partial charge is 0.489 e. The van der Waals surface area contributed by atoms with Gasteiger partial charge in [0.2, 0.25) is 0 Å². The Morgan fingerprint density at radius 1 is 0.900 bits per heavy atom. The van der Waals surface area contributed by atoms with Crippen molar-refractivity contribution in [3.05, 3.63) is 128 Å². The van der Waals surface area contributed by atoms with Gasteiger partial charge in [0.1, 0.15) is 12.4 Å². The molecule has 0 aliphatic carbocycles. The van der Waals surface area contributed by atoms with Gasteiger partial charge in [0, 0.05) is 27.2 Å². The van der Waals surface area contributed by atoms with E-state index in [-0.39, 0.29) is 5.91 Å². The zero-order valence-electron chi connectivity index (χ0n) is 20.8. The van der Waals surface area contributed by atoms with Crippen LogP contribution in [0, 0.1) is 0 Å². The lowest BCUT2D eigenvalue weighted by atomic mass is 10.1. The van der Waals surface area contributed by atoms with Crippen LogP contribution in [0.3, 0.4) is 0 Å². The Hall–Kier alpha value is -3.88. The first-order valence-corrected chi connectivity index (χ1v) is 14.0. The van der Waals surface area contributed by atoms with Gasteiger partial charge in [-0.15, -0.1) is 11.3 Å². The summed E-state index contributed by atoms with van der Waals surface area (Å²) in [7, 11) is 0. The first kappa shape index (κ1) is 27.7. The highest BCUT2D eigenvalue weighted by molar-refractivity contribution is 7.14. The van der Waals surface area contributed by atoms with Crippen LogP contribution >= 0.6 is 46.1 Å². The Kier molecular flexibility index (Phi) is 8.98. The molecule has 0 radical (unpaired) electrons. The molecule has 0 bridgehead atoms. The fourth-order valence-corrected chi connectivity index (χ4v) is 4.78. The monoisotopic (exact) mass is 606 g/mol. The number of rotatable bonds is 9. The third-order valence-corrected chi connectivity index (χ3v) is 7.44. The van der Waals surface area contributed by atoms with Crippen molar-refractivity contribution >= 4 is 69.1 Å². The van der Waals surface area contributed by atoms with E-state index in [1.807, 2.05) is 72.1 Å². The minimum Gasteiger partial charge on any atom is -0.489 e. The zero-order valence-corrected chi connectivity index (χ0v) is 23.9. The predicted octanol–water partition coefficient (Wildman–Crippen LogP) is 8.86. The zero-order chi connectivity index (χ0) is 27.9. The van der Waals surface area contributed by atoms with E-state index in [0.717, 1.165) is 33.2 Å². The number of hydrogen-bond acceptors (Lipinski definition) is 6. The maximum Gasteiger partial charge on any atom is 0.271 e. The molecular weight excluding hydrogens is 587 g/mol. The molecule has 1 heterocycles. The summed E-state index contributed by atoms with van der Waals surface area (Å²) in [5, 5.41) is 11.7. The molecule has 4 aromatic carbocycles. The van der Waals surface area contributed by atoms with Gasteiger partial charge < -0.3 is 10.1 Å². The second-order valence-corrected chi connectivity index (χ2v) is 10.7. The molecule has 200 valence electrons. The van der Waals surface area contributed by atoms with Crippen molar-refractivity contribution in [2.75, 3.05) is 5.32 Å². The number of hydrazone groups is 1. The van der Waals surface area contributed by atoms with Crippen LogP contribution in [0.1, 0.15) is 21.5 Å². The fourth-order valence-electron chi connectivity index (χ4n) is 3.59. The minimum atomic E-state index is -0.312. The van der Waals surface area contributed by atoms with Crippen LogP contribution in [-0.4, -0.2) is 17.1 Å². The normalized spacial score (nSPS) is 11.0. The van der Waals surface area contributed by atoms with Crippen molar-refractivity contribution in [2.24, 2.45) is 5.10 Å². The lowest BCUT2D eigenvalue weighted by Crippen LogP contribution is -2.17. The number of carbonyl (C=O) groups is 1. The van der Waals surface area contributed by atoms with Crippen LogP contribution in [0.25, 0.3) is 11.3 Å². The number of ether oxygens (including phenoxy) is 1. The average molecular weight is 608 g/mol. The fraction of sp³-hybridized carbons (Fsp3) is 0.0333. The number of thiazole rings is 1. The Bertz CT molecular complexity index is 1640. The van der Waals surface area contributed by atoms with Crippen molar-refractivity contribution in [3.8, 4) is 17.0 Å². The number of halogens is 3. The van der Waals surface area contributed by atoms with Gasteiger partial charge in [-0.25, -0.2) is 10.4 Å². The minimum absolute atomic E-state index is 0.312. The third-order valence-electron chi connectivity index (χ3n) is 5.69. The molecule has 0 saturated heterocycles. The number of carbonyl (C=O) groups excluding carboxylic acids is 1. The summed E-state index contributed by atoms with van der Waals surface area (Å²) in [6, 6.07) is 27.3. The second-order valence-electron chi connectivity index (χ2n) is 8.55. The molecule has 5 aromatic rings. The summed E-state index contributed by atoms with van der Waals surface area (Å²) in [5.41, 5.74) is 7.39. The van der Waals surface area contributed by atoms with Crippen molar-refractivity contribution in [1.82, 2.24) is 10.4 Å². The molecule has 0 atom stereocenters. The molecule has 40 heavy (non-hydrogen) atoms. The van der Waals surface area contributed by atoms with E-state index >= 15 is 0 Å². The second kappa shape index (κ2) is 13.0. The van der Waals surface area contributed by atoms with Crippen LogP contribution in [-0.2, 0) is 6.61 Å². The molecule has 0 saturated carbocycles. The molecule has 0 spiro atoms. The van der Waals surface area contributed by atoms with Gasteiger partial charge in [-0.1, -0.05) is 53.0 Å². The van der Waals surface area contributed by atoms with E-state index in [0.29, 0.717) is 33.0 Å². The highest BCUT2D eigenvalue weighted by Crippen LogP contribution is 2.28.